The van der Waals surface area contributed by atoms with E-state index in [-0.39, 0.29) is 11.7 Å². The van der Waals surface area contributed by atoms with Crippen LogP contribution in [-0.4, -0.2) is 77.0 Å². The highest BCUT2D eigenvalue weighted by atomic mass is 19.4. The van der Waals surface area contributed by atoms with Crippen molar-refractivity contribution in [3.63, 3.8) is 0 Å². The van der Waals surface area contributed by atoms with Crippen LogP contribution in [0, 0.1) is 6.92 Å². The van der Waals surface area contributed by atoms with Gasteiger partial charge in [0.2, 0.25) is 5.91 Å². The maximum Gasteiger partial charge on any atom is 0.573 e. The molecule has 2 unspecified atom stereocenters. The van der Waals surface area contributed by atoms with E-state index in [1.165, 1.54) is 35.2 Å². The number of hydrogen-bond acceptors (Lipinski definition) is 6. The smallest absolute Gasteiger partial charge is 0.406 e. The van der Waals surface area contributed by atoms with Gasteiger partial charge in [0.25, 0.3) is 0 Å². The third-order valence-corrected chi connectivity index (χ3v) is 10.6. The van der Waals surface area contributed by atoms with Crippen molar-refractivity contribution in [2.24, 2.45) is 5.73 Å². The van der Waals surface area contributed by atoms with E-state index in [9.17, 15) is 18.0 Å². The van der Waals surface area contributed by atoms with Gasteiger partial charge in [-0.2, -0.15) is 0 Å². The summed E-state index contributed by atoms with van der Waals surface area (Å²) in [6.45, 7) is 8.76. The fourth-order valence-corrected chi connectivity index (χ4v) is 7.88. The summed E-state index contributed by atoms with van der Waals surface area (Å²) in [5.41, 5.74) is 12.3. The van der Waals surface area contributed by atoms with Crippen molar-refractivity contribution >= 4 is 16.8 Å². The van der Waals surface area contributed by atoms with Crippen molar-refractivity contribution in [2.45, 2.75) is 76.2 Å². The number of carbonyl (C=O) groups excluding carboxylic acids is 1. The molecule has 3 fully saturated rings. The molecule has 3 aliphatic rings. The number of aryl methyl sites for hydroxylation is 2. The van der Waals surface area contributed by atoms with Gasteiger partial charge in [-0.15, -0.1) is 13.2 Å². The molecule has 2 bridgehead atoms. The second-order valence-electron chi connectivity index (χ2n) is 14.0. The molecule has 4 heterocycles. The Morgan fingerprint density at radius 1 is 1.00 bits per heavy atom. The molecule has 49 heavy (non-hydrogen) atoms. The highest BCUT2D eigenvalue weighted by Crippen LogP contribution is 2.36. The molecule has 0 aliphatic carbocycles. The van der Waals surface area contributed by atoms with E-state index in [0.717, 1.165) is 61.3 Å². The molecule has 11 heteroatoms. The summed E-state index contributed by atoms with van der Waals surface area (Å²) in [5, 5.41) is 7.33. The Labute approximate surface area is 285 Å². The fourth-order valence-electron chi connectivity index (χ4n) is 7.88. The Morgan fingerprint density at radius 3 is 2.41 bits per heavy atom. The van der Waals surface area contributed by atoms with E-state index in [2.05, 4.69) is 85.3 Å². The van der Waals surface area contributed by atoms with Crippen LogP contribution in [0.1, 0.15) is 42.4 Å². The lowest BCUT2D eigenvalue weighted by molar-refractivity contribution is -0.274. The molecule has 260 valence electrons. The van der Waals surface area contributed by atoms with Crippen molar-refractivity contribution in [3.8, 4) is 16.9 Å². The number of fused-ring (bicyclic) bond motifs is 3. The van der Waals surface area contributed by atoms with Gasteiger partial charge in [0, 0.05) is 74.0 Å². The van der Waals surface area contributed by atoms with Crippen molar-refractivity contribution in [1.82, 2.24) is 25.0 Å². The van der Waals surface area contributed by atoms with Crippen LogP contribution in [-0.2, 0) is 24.4 Å². The molecular formula is C38H45F3N6O2. The summed E-state index contributed by atoms with van der Waals surface area (Å²) in [6.07, 6.45) is 0.439. The zero-order valence-corrected chi connectivity index (χ0v) is 27.9. The molecule has 3 aliphatic heterocycles. The summed E-state index contributed by atoms with van der Waals surface area (Å²) in [4.78, 5) is 18.0. The quantitative estimate of drug-likeness (QED) is 0.181. The number of alkyl halides is 3. The monoisotopic (exact) mass is 674 g/mol. The number of nitrogens with zero attached hydrogens (tertiary/aromatic N) is 3. The Kier molecular flexibility index (Phi) is 9.45. The summed E-state index contributed by atoms with van der Waals surface area (Å²) < 4.78 is 44.8. The van der Waals surface area contributed by atoms with Gasteiger partial charge in [-0.25, -0.2) is 0 Å². The largest absolute Gasteiger partial charge is 0.573 e. The van der Waals surface area contributed by atoms with Crippen LogP contribution in [0.15, 0.2) is 72.9 Å². The summed E-state index contributed by atoms with van der Waals surface area (Å²) >= 11 is 0. The third-order valence-electron chi connectivity index (χ3n) is 10.6. The van der Waals surface area contributed by atoms with Crippen molar-refractivity contribution in [1.29, 1.82) is 0 Å². The number of piperidine rings is 1. The van der Waals surface area contributed by atoms with Gasteiger partial charge in [0.15, 0.2) is 0 Å². The van der Waals surface area contributed by atoms with Gasteiger partial charge < -0.3 is 25.7 Å². The molecular weight excluding hydrogens is 629 g/mol. The predicted octanol–water partition coefficient (Wildman–Crippen LogP) is 5.56. The minimum atomic E-state index is -4.74. The van der Waals surface area contributed by atoms with Gasteiger partial charge >= 0.3 is 6.36 Å². The van der Waals surface area contributed by atoms with Gasteiger partial charge in [-0.3, -0.25) is 14.6 Å². The number of rotatable bonds is 11. The molecule has 8 nitrogen and oxygen atoms in total. The Hall–Kier alpha value is -3.90. The zero-order chi connectivity index (χ0) is 34.2. The first kappa shape index (κ1) is 33.6. The maximum atomic E-state index is 12.8. The molecule has 4 aromatic rings. The van der Waals surface area contributed by atoms with Crippen LogP contribution in [0.4, 0.5) is 13.2 Å². The highest BCUT2D eigenvalue weighted by Gasteiger charge is 2.43. The number of piperazine rings is 1. The molecule has 0 spiro atoms. The number of halogens is 3. The van der Waals surface area contributed by atoms with Crippen molar-refractivity contribution in [2.75, 3.05) is 32.7 Å². The summed E-state index contributed by atoms with van der Waals surface area (Å²) in [5.74, 6) is -0.352. The lowest BCUT2D eigenvalue weighted by Gasteiger charge is -2.34. The number of carbonyl (C=O) groups is 1. The Balaban J connectivity index is 1.06. The highest BCUT2D eigenvalue weighted by molar-refractivity contribution is 5.96. The van der Waals surface area contributed by atoms with E-state index in [0.29, 0.717) is 44.4 Å². The number of hydrogen-bond donors (Lipinski definition) is 3. The standard InChI is InChI=1S/C38H45F3N6O2/c1-26-5-2-3-6-29(26)22-47-24-30-20-31(47)23-46(30)21-27-7-12-35-33(19-27)34(28-8-10-32(11-9-28)49-38(39,40)41)25-45(35)18-4-15-44-36(48)37(42)13-16-43-17-14-37/h2-3,5-12,19,25,30-31,43H,4,13-18,20-24,42H2,1H3,(H,44,48). The van der Waals surface area contributed by atoms with Gasteiger partial charge in [0.05, 0.1) is 5.54 Å². The van der Waals surface area contributed by atoms with Crippen LogP contribution < -0.4 is 21.1 Å². The average molecular weight is 675 g/mol. The molecule has 1 amide bonds. The second kappa shape index (κ2) is 13.8. The molecule has 2 atom stereocenters. The van der Waals surface area contributed by atoms with Crippen molar-refractivity contribution < 1.29 is 22.7 Å². The number of benzene rings is 3. The number of likely N-dealkylation sites (tertiary alicyclic amines) is 2. The fraction of sp³-hybridized carbons (Fsp3) is 0.447. The number of ether oxygens (including phenoxy) is 1. The van der Waals surface area contributed by atoms with Gasteiger partial charge in [0.1, 0.15) is 5.75 Å². The number of aromatic nitrogens is 1. The first-order chi connectivity index (χ1) is 23.5. The lowest BCUT2D eigenvalue weighted by Crippen LogP contribution is -2.59. The number of nitrogens with two attached hydrogens (primary N) is 1. The first-order valence-corrected chi connectivity index (χ1v) is 17.3. The number of nitrogens with one attached hydrogen (secondary N) is 2. The summed E-state index contributed by atoms with van der Waals surface area (Å²) in [7, 11) is 0. The van der Waals surface area contributed by atoms with Crippen LogP contribution in [0.2, 0.25) is 0 Å². The van der Waals surface area contributed by atoms with Gasteiger partial charge in [-0.05, 0) is 92.2 Å². The normalized spacial score (nSPS) is 21.0. The topological polar surface area (TPSA) is 87.8 Å². The number of amides is 1. The molecule has 0 saturated carbocycles. The second-order valence-corrected chi connectivity index (χ2v) is 14.0. The van der Waals surface area contributed by atoms with E-state index in [4.69, 9.17) is 5.73 Å². The van der Waals surface area contributed by atoms with Gasteiger partial charge in [-0.1, -0.05) is 42.5 Å². The van der Waals surface area contributed by atoms with E-state index >= 15 is 0 Å². The third kappa shape index (κ3) is 7.50. The van der Waals surface area contributed by atoms with Crippen molar-refractivity contribution in [3.05, 3.63) is 89.6 Å². The SMILES string of the molecule is Cc1ccccc1CN1CC2CC1CN2Cc1ccc2c(c1)c(-c1ccc(OC(F)(F)F)cc1)cn2CCCNC(=O)C1(N)CCNCC1. The van der Waals surface area contributed by atoms with E-state index in [1.54, 1.807) is 12.1 Å². The molecule has 4 N–H and O–H groups in total. The zero-order valence-electron chi connectivity index (χ0n) is 27.9. The summed E-state index contributed by atoms with van der Waals surface area (Å²) in [6, 6.07) is 22.3. The molecule has 7 rings (SSSR count). The molecule has 3 saturated heterocycles. The minimum Gasteiger partial charge on any atom is -0.406 e. The Morgan fingerprint density at radius 2 is 1.71 bits per heavy atom. The van der Waals surface area contributed by atoms with E-state index in [1.807, 2.05) is 0 Å². The molecule has 1 aromatic heterocycles. The lowest BCUT2D eigenvalue weighted by atomic mass is 9.88. The van der Waals surface area contributed by atoms with Crippen LogP contribution in [0.3, 0.4) is 0 Å². The predicted molar refractivity (Wildman–Crippen MR) is 185 cm³/mol. The minimum absolute atomic E-state index is 0.105. The van der Waals surface area contributed by atoms with Crippen LogP contribution in [0.25, 0.3) is 22.0 Å². The van der Waals surface area contributed by atoms with Crippen LogP contribution in [0.5, 0.6) is 5.75 Å². The van der Waals surface area contributed by atoms with E-state index < -0.39 is 11.9 Å². The molecule has 0 radical (unpaired) electrons. The maximum absolute atomic E-state index is 12.8. The average Bonchev–Trinajstić information content (AvgIpc) is 3.77. The Bertz CT molecular complexity index is 1780. The van der Waals surface area contributed by atoms with Crippen LogP contribution >= 0.6 is 0 Å². The first-order valence-electron chi connectivity index (χ1n) is 17.3. The molecule has 3 aromatic carbocycles.